The van der Waals surface area contributed by atoms with Gasteiger partial charge in [0.05, 0.1) is 25.4 Å². The zero-order valence-electron chi connectivity index (χ0n) is 52.7. The number of aliphatic hydroxyl groups excluding tert-OH is 5. The van der Waals surface area contributed by atoms with Crippen LogP contribution in [0.3, 0.4) is 0 Å². The zero-order valence-corrected chi connectivity index (χ0v) is 52.7. The molecule has 1 fully saturated rings. The molecule has 6 N–H and O–H groups in total. The minimum atomic E-state index is -1.56. The molecule has 1 aliphatic heterocycles. The van der Waals surface area contributed by atoms with Crippen LogP contribution in [0.15, 0.2) is 12.2 Å². The molecule has 470 valence electrons. The Labute approximate surface area is 490 Å². The molecule has 9 nitrogen and oxygen atoms in total. The summed E-state index contributed by atoms with van der Waals surface area (Å²) >= 11 is 0. The van der Waals surface area contributed by atoms with Gasteiger partial charge in [-0.1, -0.05) is 360 Å². The predicted octanol–water partition coefficient (Wildman–Crippen LogP) is 19.1. The number of aliphatic hydroxyl groups is 5. The van der Waals surface area contributed by atoms with Crippen molar-refractivity contribution in [2.75, 3.05) is 13.2 Å². The van der Waals surface area contributed by atoms with E-state index in [2.05, 4.69) is 19.2 Å². The van der Waals surface area contributed by atoms with Crippen LogP contribution in [0.1, 0.15) is 373 Å². The minimum absolute atomic E-state index is 0.168. The van der Waals surface area contributed by atoms with Gasteiger partial charge >= 0.3 is 0 Å². The Morgan fingerprint density at radius 2 is 0.696 bits per heavy atom. The smallest absolute Gasteiger partial charge is 0.220 e. The van der Waals surface area contributed by atoms with Crippen LogP contribution in [-0.2, 0) is 14.3 Å². The van der Waals surface area contributed by atoms with E-state index in [1.54, 1.807) is 6.08 Å². The molecule has 7 unspecified atom stereocenters. The Morgan fingerprint density at radius 3 is 0.987 bits per heavy atom. The van der Waals surface area contributed by atoms with Gasteiger partial charge in [0.1, 0.15) is 24.4 Å². The fourth-order valence-electron chi connectivity index (χ4n) is 11.8. The molecule has 0 bridgehead atoms. The van der Waals surface area contributed by atoms with Crippen molar-refractivity contribution in [2.24, 2.45) is 0 Å². The van der Waals surface area contributed by atoms with Crippen LogP contribution in [0.2, 0.25) is 0 Å². The summed E-state index contributed by atoms with van der Waals surface area (Å²) in [5.41, 5.74) is 0. The molecule has 0 aliphatic carbocycles. The average Bonchev–Trinajstić information content (AvgIpc) is 3.47. The van der Waals surface area contributed by atoms with Gasteiger partial charge < -0.3 is 40.3 Å². The fourth-order valence-corrected chi connectivity index (χ4v) is 11.8. The second-order valence-corrected chi connectivity index (χ2v) is 25.0. The van der Waals surface area contributed by atoms with Crippen LogP contribution >= 0.6 is 0 Å². The third kappa shape index (κ3) is 49.0. The third-order valence-corrected chi connectivity index (χ3v) is 17.4. The van der Waals surface area contributed by atoms with Crippen molar-refractivity contribution in [3.63, 3.8) is 0 Å². The van der Waals surface area contributed by atoms with E-state index < -0.39 is 49.5 Å². The van der Waals surface area contributed by atoms with E-state index in [0.717, 1.165) is 38.5 Å². The van der Waals surface area contributed by atoms with Crippen LogP contribution < -0.4 is 5.32 Å². The van der Waals surface area contributed by atoms with Crippen molar-refractivity contribution in [2.45, 2.75) is 416 Å². The maximum absolute atomic E-state index is 13.1. The molecule has 79 heavy (non-hydrogen) atoms. The van der Waals surface area contributed by atoms with Crippen molar-refractivity contribution in [3.8, 4) is 0 Å². The number of nitrogens with one attached hydrogen (secondary N) is 1. The highest BCUT2D eigenvalue weighted by Gasteiger charge is 2.44. The molecule has 1 heterocycles. The number of ether oxygens (including phenoxy) is 2. The van der Waals surface area contributed by atoms with Crippen molar-refractivity contribution in [1.29, 1.82) is 0 Å². The Hall–Kier alpha value is -1.07. The van der Waals surface area contributed by atoms with Crippen LogP contribution in [0.4, 0.5) is 0 Å². The molecule has 0 aromatic carbocycles. The molecule has 0 radical (unpaired) electrons. The lowest BCUT2D eigenvalue weighted by atomic mass is 9.99. The molecule has 7 atom stereocenters. The fraction of sp³-hybridized carbons (Fsp3) is 0.957. The molecule has 9 heteroatoms. The van der Waals surface area contributed by atoms with Gasteiger partial charge in [0, 0.05) is 6.42 Å². The summed E-state index contributed by atoms with van der Waals surface area (Å²) in [6.45, 7) is 3.83. The largest absolute Gasteiger partial charge is 0.394 e. The summed E-state index contributed by atoms with van der Waals surface area (Å²) in [7, 11) is 0. The van der Waals surface area contributed by atoms with Gasteiger partial charge in [0.25, 0.3) is 0 Å². The monoisotopic (exact) mass is 1120 g/mol. The first-order valence-electron chi connectivity index (χ1n) is 35.4. The third-order valence-electron chi connectivity index (χ3n) is 17.4. The Bertz CT molecular complexity index is 1250. The van der Waals surface area contributed by atoms with E-state index in [0.29, 0.717) is 6.42 Å². The first-order chi connectivity index (χ1) is 38.8. The van der Waals surface area contributed by atoms with Crippen LogP contribution in [-0.4, -0.2) is 87.5 Å². The number of allylic oxidation sites excluding steroid dienone is 1. The average molecular weight is 1120 g/mol. The van der Waals surface area contributed by atoms with Crippen molar-refractivity contribution in [1.82, 2.24) is 5.32 Å². The summed E-state index contributed by atoms with van der Waals surface area (Å²) in [6.07, 6.45) is 70.7. The highest BCUT2D eigenvalue weighted by molar-refractivity contribution is 5.76. The zero-order chi connectivity index (χ0) is 57.2. The standard InChI is InChI=1S/C70H137NO8/c1-3-5-7-9-11-13-15-17-19-20-21-22-23-24-25-26-27-28-29-30-31-32-33-34-35-36-37-38-39-40-41-42-43-44-46-48-50-52-54-56-58-60-66(74)71-63(62-78-70-69(77)68(76)67(75)65(61-72)79-70)64(73)59-57-55-53-51-49-47-45-18-16-14-12-10-8-6-4-2/h57,59,63-65,67-70,72-73,75-77H,3-56,58,60-62H2,1-2H3,(H,71,74)/b59-57+. The number of hydrogen-bond acceptors (Lipinski definition) is 8. The van der Waals surface area contributed by atoms with Crippen molar-refractivity contribution < 1.29 is 39.8 Å². The van der Waals surface area contributed by atoms with E-state index in [9.17, 15) is 30.3 Å². The highest BCUT2D eigenvalue weighted by atomic mass is 16.7. The number of rotatable bonds is 63. The van der Waals surface area contributed by atoms with Gasteiger partial charge in [-0.25, -0.2) is 0 Å². The lowest BCUT2D eigenvalue weighted by Crippen LogP contribution is -2.60. The van der Waals surface area contributed by atoms with Gasteiger partial charge in [-0.3, -0.25) is 4.79 Å². The Kier molecular flexibility index (Phi) is 57.7. The van der Waals surface area contributed by atoms with Crippen LogP contribution in [0.5, 0.6) is 0 Å². The van der Waals surface area contributed by atoms with Crippen LogP contribution in [0, 0.1) is 0 Å². The minimum Gasteiger partial charge on any atom is -0.394 e. The van der Waals surface area contributed by atoms with Gasteiger partial charge in [0.2, 0.25) is 5.91 Å². The SMILES string of the molecule is CCCCCCCCCCCCCCC/C=C/C(O)C(COC1OC(CO)C(O)C(O)C1O)NC(=O)CCCCCCCCCCCCCCCCCCCCCCCCCCCCCCCCCCCCCCCCCCC. The summed E-state index contributed by atoms with van der Waals surface area (Å²) in [6, 6.07) is -0.801. The second kappa shape index (κ2) is 60.1. The number of amides is 1. The van der Waals surface area contributed by atoms with Crippen molar-refractivity contribution >= 4 is 5.91 Å². The van der Waals surface area contributed by atoms with Crippen molar-refractivity contribution in [3.05, 3.63) is 12.2 Å². The highest BCUT2D eigenvalue weighted by Crippen LogP contribution is 2.24. The molecule has 1 rings (SSSR count). The normalized spacial score (nSPS) is 18.5. The first-order valence-corrected chi connectivity index (χ1v) is 35.4. The molecule has 1 saturated heterocycles. The molecular weight excluding hydrogens is 983 g/mol. The molecule has 0 aromatic rings. The van der Waals surface area contributed by atoms with E-state index >= 15 is 0 Å². The lowest BCUT2D eigenvalue weighted by molar-refractivity contribution is -0.302. The first kappa shape index (κ1) is 75.9. The van der Waals surface area contributed by atoms with E-state index in [4.69, 9.17) is 9.47 Å². The molecule has 1 aliphatic rings. The molecule has 0 saturated carbocycles. The maximum atomic E-state index is 13.1. The number of carbonyl (C=O) groups is 1. The quantitative estimate of drug-likeness (QED) is 0.0261. The summed E-state index contributed by atoms with van der Waals surface area (Å²) in [5, 5.41) is 54.6. The van der Waals surface area contributed by atoms with Gasteiger partial charge in [0.15, 0.2) is 6.29 Å². The Balaban J connectivity index is 1.99. The number of carbonyl (C=O) groups excluding carboxylic acids is 1. The number of unbranched alkanes of at least 4 members (excludes halogenated alkanes) is 53. The molecule has 1 amide bonds. The number of hydrogen-bond donors (Lipinski definition) is 6. The summed E-state index contributed by atoms with van der Waals surface area (Å²) in [4.78, 5) is 13.1. The second-order valence-electron chi connectivity index (χ2n) is 25.0. The van der Waals surface area contributed by atoms with Crippen LogP contribution in [0.25, 0.3) is 0 Å². The molecular formula is C70H137NO8. The topological polar surface area (TPSA) is 149 Å². The van der Waals surface area contributed by atoms with E-state index in [-0.39, 0.29) is 12.5 Å². The summed E-state index contributed by atoms with van der Waals surface area (Å²) < 4.78 is 11.3. The van der Waals surface area contributed by atoms with Gasteiger partial charge in [-0.05, 0) is 19.3 Å². The van der Waals surface area contributed by atoms with E-state index in [1.165, 1.54) is 315 Å². The molecule has 0 spiro atoms. The summed E-state index contributed by atoms with van der Waals surface area (Å²) in [5.74, 6) is -0.168. The maximum Gasteiger partial charge on any atom is 0.220 e. The lowest BCUT2D eigenvalue weighted by Gasteiger charge is -2.40. The van der Waals surface area contributed by atoms with Gasteiger partial charge in [-0.2, -0.15) is 0 Å². The Morgan fingerprint density at radius 1 is 0.418 bits per heavy atom. The predicted molar refractivity (Wildman–Crippen MR) is 337 cm³/mol. The van der Waals surface area contributed by atoms with Gasteiger partial charge in [-0.15, -0.1) is 0 Å². The van der Waals surface area contributed by atoms with E-state index in [1.807, 2.05) is 6.08 Å². The molecule has 0 aromatic heterocycles.